The van der Waals surface area contributed by atoms with Gasteiger partial charge in [0.25, 0.3) is 0 Å². The monoisotopic (exact) mass is 296 g/mol. The predicted molar refractivity (Wildman–Crippen MR) is 83.4 cm³/mol. The minimum absolute atomic E-state index is 0.303. The molecule has 1 N–H and O–H groups in total. The summed E-state index contributed by atoms with van der Waals surface area (Å²) in [5, 5.41) is 15.4. The van der Waals surface area contributed by atoms with Crippen LogP contribution in [0, 0.1) is 0 Å². The summed E-state index contributed by atoms with van der Waals surface area (Å²) in [5.41, 5.74) is 2.08. The number of carbonyl (C=O) groups is 1. The highest BCUT2D eigenvalue weighted by molar-refractivity contribution is 7.11. The predicted octanol–water partition coefficient (Wildman–Crippen LogP) is 3.56. The van der Waals surface area contributed by atoms with Crippen LogP contribution in [0.5, 0.6) is 0 Å². The Hall–Kier alpha value is -2.66. The first kappa shape index (κ1) is 13.3. The van der Waals surface area contributed by atoms with Gasteiger partial charge in [0, 0.05) is 17.3 Å². The Morgan fingerprint density at radius 2 is 2.00 bits per heavy atom. The number of aliphatic carboxylic acids is 1. The van der Waals surface area contributed by atoms with Gasteiger partial charge in [-0.3, -0.25) is 0 Å². The molecule has 104 valence electrons. The lowest BCUT2D eigenvalue weighted by Crippen LogP contribution is -1.98. The van der Waals surface area contributed by atoms with Crippen molar-refractivity contribution in [1.82, 2.24) is 9.78 Å². The van der Waals surface area contributed by atoms with Gasteiger partial charge in [0.05, 0.1) is 11.3 Å². The largest absolute Gasteiger partial charge is 0.478 e. The quantitative estimate of drug-likeness (QED) is 0.749. The maximum absolute atomic E-state index is 11.4. The van der Waals surface area contributed by atoms with E-state index in [1.807, 2.05) is 54.0 Å². The fourth-order valence-electron chi connectivity index (χ4n) is 1.98. The molecule has 0 unspecified atom stereocenters. The van der Waals surface area contributed by atoms with Crippen LogP contribution in [0.25, 0.3) is 17.3 Å². The maximum Gasteiger partial charge on any atom is 0.337 e. The molecule has 21 heavy (non-hydrogen) atoms. The Kier molecular flexibility index (Phi) is 3.66. The molecule has 0 fully saturated rings. The number of rotatable bonds is 4. The molecule has 4 nitrogen and oxygen atoms in total. The maximum atomic E-state index is 11.4. The van der Waals surface area contributed by atoms with Gasteiger partial charge in [0.2, 0.25) is 0 Å². The Morgan fingerprint density at radius 1 is 1.19 bits per heavy atom. The molecule has 0 spiro atoms. The van der Waals surface area contributed by atoms with Crippen LogP contribution in [0.3, 0.4) is 0 Å². The lowest BCUT2D eigenvalue weighted by Gasteiger charge is -2.03. The number of carboxylic acids is 1. The van der Waals surface area contributed by atoms with Crippen molar-refractivity contribution in [2.24, 2.45) is 0 Å². The molecule has 1 aromatic carbocycles. The van der Waals surface area contributed by atoms with Crippen LogP contribution in [-0.4, -0.2) is 20.9 Å². The summed E-state index contributed by atoms with van der Waals surface area (Å²) < 4.78 is 1.75. The lowest BCUT2D eigenvalue weighted by atomic mass is 10.1. The summed E-state index contributed by atoms with van der Waals surface area (Å²) in [5.74, 6) is -0.923. The first-order chi connectivity index (χ1) is 10.2. The first-order valence-corrected chi connectivity index (χ1v) is 7.21. The number of carboxylic acid groups (broad SMARTS) is 1. The van der Waals surface area contributed by atoms with Crippen molar-refractivity contribution in [3.63, 3.8) is 0 Å². The van der Waals surface area contributed by atoms with E-state index in [9.17, 15) is 9.90 Å². The molecule has 0 saturated carbocycles. The molecule has 3 rings (SSSR count). The van der Waals surface area contributed by atoms with E-state index in [2.05, 4.69) is 5.10 Å². The molecule has 0 atom stereocenters. The topological polar surface area (TPSA) is 55.1 Å². The fourth-order valence-corrected chi connectivity index (χ4v) is 2.72. The molecular weight excluding hydrogens is 284 g/mol. The van der Waals surface area contributed by atoms with E-state index in [-0.39, 0.29) is 0 Å². The van der Waals surface area contributed by atoms with E-state index in [0.717, 1.165) is 16.1 Å². The SMILES string of the molecule is O=C(O)/C(=C\c1ccc(-n2cccn2)cc1)c1cccs1. The van der Waals surface area contributed by atoms with Crippen LogP contribution >= 0.6 is 11.3 Å². The summed E-state index contributed by atoms with van der Waals surface area (Å²) in [7, 11) is 0. The summed E-state index contributed by atoms with van der Waals surface area (Å²) in [4.78, 5) is 12.1. The van der Waals surface area contributed by atoms with E-state index in [1.54, 1.807) is 17.0 Å². The van der Waals surface area contributed by atoms with Gasteiger partial charge in [-0.05, 0) is 41.3 Å². The Morgan fingerprint density at radius 3 is 2.57 bits per heavy atom. The van der Waals surface area contributed by atoms with Crippen molar-refractivity contribution in [1.29, 1.82) is 0 Å². The summed E-state index contributed by atoms with van der Waals surface area (Å²) in [6.07, 6.45) is 5.26. The Labute approximate surface area is 125 Å². The van der Waals surface area contributed by atoms with E-state index in [0.29, 0.717) is 5.57 Å². The molecule has 0 saturated heterocycles. The highest BCUT2D eigenvalue weighted by Crippen LogP contribution is 2.23. The van der Waals surface area contributed by atoms with E-state index in [1.165, 1.54) is 11.3 Å². The summed E-state index contributed by atoms with van der Waals surface area (Å²) in [6, 6.07) is 13.1. The third kappa shape index (κ3) is 2.93. The average Bonchev–Trinajstić information content (AvgIpc) is 3.18. The van der Waals surface area contributed by atoms with Crippen molar-refractivity contribution < 1.29 is 9.90 Å². The normalized spacial score (nSPS) is 11.5. The van der Waals surface area contributed by atoms with Crippen LogP contribution in [0.15, 0.2) is 60.2 Å². The zero-order valence-corrected chi connectivity index (χ0v) is 11.8. The molecule has 5 heteroatoms. The zero-order chi connectivity index (χ0) is 14.7. The molecule has 2 heterocycles. The molecule has 0 radical (unpaired) electrons. The Bertz CT molecular complexity index is 757. The molecule has 0 aliphatic rings. The van der Waals surface area contributed by atoms with Gasteiger partial charge in [-0.15, -0.1) is 11.3 Å². The van der Waals surface area contributed by atoms with Gasteiger partial charge in [0.15, 0.2) is 0 Å². The second-order valence-electron chi connectivity index (χ2n) is 4.38. The molecule has 0 amide bonds. The number of aromatic nitrogens is 2. The van der Waals surface area contributed by atoms with Gasteiger partial charge < -0.3 is 5.11 Å². The minimum Gasteiger partial charge on any atom is -0.478 e. The average molecular weight is 296 g/mol. The number of hydrogen-bond acceptors (Lipinski definition) is 3. The fraction of sp³-hybridized carbons (Fsp3) is 0. The van der Waals surface area contributed by atoms with Crippen LogP contribution < -0.4 is 0 Å². The highest BCUT2D eigenvalue weighted by Gasteiger charge is 2.11. The third-order valence-corrected chi connectivity index (χ3v) is 3.89. The number of benzene rings is 1. The van der Waals surface area contributed by atoms with Gasteiger partial charge in [0.1, 0.15) is 0 Å². The second kappa shape index (κ2) is 5.76. The van der Waals surface area contributed by atoms with E-state index in [4.69, 9.17) is 0 Å². The van der Waals surface area contributed by atoms with Crippen molar-refractivity contribution >= 4 is 29.0 Å². The highest BCUT2D eigenvalue weighted by atomic mass is 32.1. The lowest BCUT2D eigenvalue weighted by molar-refractivity contribution is -0.130. The third-order valence-electron chi connectivity index (χ3n) is 2.99. The van der Waals surface area contributed by atoms with Crippen molar-refractivity contribution in [3.05, 3.63) is 70.7 Å². The zero-order valence-electron chi connectivity index (χ0n) is 11.0. The molecule has 0 aliphatic carbocycles. The van der Waals surface area contributed by atoms with E-state index >= 15 is 0 Å². The Balaban J connectivity index is 1.93. The van der Waals surface area contributed by atoms with Gasteiger partial charge in [-0.1, -0.05) is 18.2 Å². The summed E-state index contributed by atoms with van der Waals surface area (Å²) in [6.45, 7) is 0. The molecule has 0 bridgehead atoms. The van der Waals surface area contributed by atoms with Crippen LogP contribution in [-0.2, 0) is 4.79 Å². The molecule has 0 aliphatic heterocycles. The van der Waals surface area contributed by atoms with Crippen molar-refractivity contribution in [3.8, 4) is 5.69 Å². The summed E-state index contributed by atoms with van der Waals surface area (Å²) >= 11 is 1.42. The van der Waals surface area contributed by atoms with Gasteiger partial charge >= 0.3 is 5.97 Å². The number of thiophene rings is 1. The van der Waals surface area contributed by atoms with Crippen molar-refractivity contribution in [2.75, 3.05) is 0 Å². The first-order valence-electron chi connectivity index (χ1n) is 6.33. The van der Waals surface area contributed by atoms with Gasteiger partial charge in [-0.2, -0.15) is 5.10 Å². The number of nitrogens with zero attached hydrogens (tertiary/aromatic N) is 2. The van der Waals surface area contributed by atoms with Crippen LogP contribution in [0.1, 0.15) is 10.4 Å². The van der Waals surface area contributed by atoms with Crippen molar-refractivity contribution in [2.45, 2.75) is 0 Å². The van der Waals surface area contributed by atoms with Crippen LogP contribution in [0.4, 0.5) is 0 Å². The standard InChI is InChI=1S/C16H12N2O2S/c19-16(20)14(15-3-1-10-21-15)11-12-4-6-13(7-5-12)18-9-2-8-17-18/h1-11H,(H,19,20)/b14-11-. The second-order valence-corrected chi connectivity index (χ2v) is 5.33. The number of hydrogen-bond donors (Lipinski definition) is 1. The van der Waals surface area contributed by atoms with Gasteiger partial charge in [-0.25, -0.2) is 9.48 Å². The molecular formula is C16H12N2O2S. The van der Waals surface area contributed by atoms with Crippen LogP contribution in [0.2, 0.25) is 0 Å². The smallest absolute Gasteiger partial charge is 0.337 e. The van der Waals surface area contributed by atoms with E-state index < -0.39 is 5.97 Å². The minimum atomic E-state index is -0.923. The molecule has 2 aromatic heterocycles. The molecule has 3 aromatic rings.